The van der Waals surface area contributed by atoms with Crippen LogP contribution in [0.15, 0.2) is 36.7 Å². The number of nitrogen functional groups attached to an aromatic ring is 1. The smallest absolute Gasteiger partial charge is 0.250 e. The Bertz CT molecular complexity index is 631. The summed E-state index contributed by atoms with van der Waals surface area (Å²) in [6.07, 6.45) is 3.36. The minimum atomic E-state index is -0.682. The molecule has 0 aliphatic heterocycles. The minimum Gasteiger partial charge on any atom is -0.398 e. The number of benzene rings is 1. The number of carbonyl (C=O) groups is 1. The number of primary amides is 1. The lowest BCUT2D eigenvalue weighted by Gasteiger charge is -2.21. The van der Waals surface area contributed by atoms with Gasteiger partial charge in [0, 0.05) is 31.7 Å². The van der Waals surface area contributed by atoms with Crippen LogP contribution in [0.4, 0.5) is 15.8 Å². The van der Waals surface area contributed by atoms with Crippen LogP contribution in [0.1, 0.15) is 15.9 Å². The molecular weight excluding hydrogens is 259 g/mol. The predicted molar refractivity (Wildman–Crippen MR) is 75.7 cm³/mol. The van der Waals surface area contributed by atoms with Gasteiger partial charge in [-0.25, -0.2) is 4.39 Å². The fraction of sp³-hybridized carbons (Fsp3) is 0.143. The quantitative estimate of drug-likeness (QED) is 0.828. The van der Waals surface area contributed by atoms with Gasteiger partial charge in [-0.1, -0.05) is 6.07 Å². The largest absolute Gasteiger partial charge is 0.398 e. The normalized spacial score (nSPS) is 10.3. The maximum Gasteiger partial charge on any atom is 0.250 e. The highest BCUT2D eigenvalue weighted by atomic mass is 19.1. The zero-order valence-electron chi connectivity index (χ0n) is 11.0. The summed E-state index contributed by atoms with van der Waals surface area (Å²) in [7, 11) is 1.71. The molecule has 0 aliphatic rings. The molecule has 20 heavy (non-hydrogen) atoms. The maximum absolute atomic E-state index is 14.0. The van der Waals surface area contributed by atoms with Crippen LogP contribution in [-0.4, -0.2) is 17.9 Å². The van der Waals surface area contributed by atoms with Crippen LogP contribution in [0.2, 0.25) is 0 Å². The van der Waals surface area contributed by atoms with Crippen molar-refractivity contribution in [1.82, 2.24) is 4.98 Å². The number of aromatic nitrogens is 1. The Hall–Kier alpha value is -2.63. The number of amides is 1. The lowest BCUT2D eigenvalue weighted by molar-refractivity contribution is 0.100. The van der Waals surface area contributed by atoms with E-state index in [2.05, 4.69) is 4.98 Å². The standard InChI is InChI=1S/C14H15FN4O/c1-19(8-9-3-2-4-18-7-9)13-5-10(14(17)20)12(16)6-11(13)15/h2-7H,8,16H2,1H3,(H2,17,20). The van der Waals surface area contributed by atoms with Crippen LogP contribution >= 0.6 is 0 Å². The Kier molecular flexibility index (Phi) is 3.84. The summed E-state index contributed by atoms with van der Waals surface area (Å²) in [5.41, 5.74) is 12.1. The molecule has 5 nitrogen and oxygen atoms in total. The van der Waals surface area contributed by atoms with Gasteiger partial charge in [-0.3, -0.25) is 9.78 Å². The molecule has 6 heteroatoms. The second-order valence-electron chi connectivity index (χ2n) is 4.47. The number of nitrogens with two attached hydrogens (primary N) is 2. The summed E-state index contributed by atoms with van der Waals surface area (Å²) < 4.78 is 14.0. The van der Waals surface area contributed by atoms with Crippen LogP contribution in [0, 0.1) is 5.82 Å². The average molecular weight is 274 g/mol. The van der Waals surface area contributed by atoms with Crippen LogP contribution in [-0.2, 0) is 6.54 Å². The topological polar surface area (TPSA) is 85.2 Å². The van der Waals surface area contributed by atoms with Crippen LogP contribution in [0.3, 0.4) is 0 Å². The Balaban J connectivity index is 2.32. The third-order valence-electron chi connectivity index (χ3n) is 2.94. The summed E-state index contributed by atoms with van der Waals surface area (Å²) in [5, 5.41) is 0. The van der Waals surface area contributed by atoms with E-state index < -0.39 is 11.7 Å². The lowest BCUT2D eigenvalue weighted by Crippen LogP contribution is -2.20. The van der Waals surface area contributed by atoms with Crippen molar-refractivity contribution in [2.24, 2.45) is 5.73 Å². The fourth-order valence-electron chi connectivity index (χ4n) is 1.93. The number of hydrogen-bond donors (Lipinski definition) is 2. The molecule has 0 radical (unpaired) electrons. The van der Waals surface area contributed by atoms with E-state index in [-0.39, 0.29) is 16.9 Å². The van der Waals surface area contributed by atoms with Crippen molar-refractivity contribution < 1.29 is 9.18 Å². The number of nitrogens with zero attached hydrogens (tertiary/aromatic N) is 2. The van der Waals surface area contributed by atoms with Gasteiger partial charge in [0.15, 0.2) is 0 Å². The van der Waals surface area contributed by atoms with Gasteiger partial charge < -0.3 is 16.4 Å². The van der Waals surface area contributed by atoms with E-state index in [0.717, 1.165) is 11.6 Å². The number of pyridine rings is 1. The monoisotopic (exact) mass is 274 g/mol. The fourth-order valence-corrected chi connectivity index (χ4v) is 1.93. The molecular formula is C14H15FN4O. The molecule has 0 spiro atoms. The molecule has 0 saturated carbocycles. The van der Waals surface area contributed by atoms with E-state index in [4.69, 9.17) is 11.5 Å². The molecule has 0 fully saturated rings. The van der Waals surface area contributed by atoms with Gasteiger partial charge in [-0.15, -0.1) is 0 Å². The molecule has 4 N–H and O–H groups in total. The van der Waals surface area contributed by atoms with Crippen molar-refractivity contribution in [3.05, 3.63) is 53.6 Å². The van der Waals surface area contributed by atoms with E-state index >= 15 is 0 Å². The van der Waals surface area contributed by atoms with E-state index in [1.54, 1.807) is 30.4 Å². The van der Waals surface area contributed by atoms with Crippen molar-refractivity contribution >= 4 is 17.3 Å². The van der Waals surface area contributed by atoms with Crippen molar-refractivity contribution in [3.63, 3.8) is 0 Å². The molecule has 104 valence electrons. The van der Waals surface area contributed by atoms with Crippen molar-refractivity contribution in [2.75, 3.05) is 17.7 Å². The van der Waals surface area contributed by atoms with Gasteiger partial charge in [-0.2, -0.15) is 0 Å². The van der Waals surface area contributed by atoms with Gasteiger partial charge in [-0.05, 0) is 23.8 Å². The van der Waals surface area contributed by atoms with E-state index in [1.807, 2.05) is 6.07 Å². The van der Waals surface area contributed by atoms with Gasteiger partial charge in [0.1, 0.15) is 5.82 Å². The summed E-state index contributed by atoms with van der Waals surface area (Å²) in [6, 6.07) is 6.16. The number of anilines is 2. The Morgan fingerprint density at radius 2 is 2.20 bits per heavy atom. The molecule has 0 aliphatic carbocycles. The molecule has 0 atom stereocenters. The highest BCUT2D eigenvalue weighted by Crippen LogP contribution is 2.25. The van der Waals surface area contributed by atoms with Crippen molar-refractivity contribution in [1.29, 1.82) is 0 Å². The highest BCUT2D eigenvalue weighted by Gasteiger charge is 2.15. The second kappa shape index (κ2) is 5.56. The summed E-state index contributed by atoms with van der Waals surface area (Å²) in [6.45, 7) is 0.451. The van der Waals surface area contributed by atoms with Crippen molar-refractivity contribution in [3.8, 4) is 0 Å². The third-order valence-corrected chi connectivity index (χ3v) is 2.94. The Morgan fingerprint density at radius 1 is 1.45 bits per heavy atom. The van der Waals surface area contributed by atoms with Gasteiger partial charge in [0.25, 0.3) is 5.91 Å². The van der Waals surface area contributed by atoms with Crippen LogP contribution in [0.25, 0.3) is 0 Å². The number of hydrogen-bond acceptors (Lipinski definition) is 4. The summed E-state index contributed by atoms with van der Waals surface area (Å²) in [5.74, 6) is -1.18. The molecule has 1 aromatic heterocycles. The molecule has 2 aromatic rings. The zero-order valence-corrected chi connectivity index (χ0v) is 11.0. The third kappa shape index (κ3) is 2.85. The number of rotatable bonds is 4. The summed E-state index contributed by atoms with van der Waals surface area (Å²) >= 11 is 0. The second-order valence-corrected chi connectivity index (χ2v) is 4.47. The van der Waals surface area contributed by atoms with Gasteiger partial charge >= 0.3 is 0 Å². The van der Waals surface area contributed by atoms with Crippen molar-refractivity contribution in [2.45, 2.75) is 6.54 Å². The first-order valence-corrected chi connectivity index (χ1v) is 5.98. The van der Waals surface area contributed by atoms with E-state index in [0.29, 0.717) is 6.54 Å². The molecule has 1 aromatic carbocycles. The van der Waals surface area contributed by atoms with Crippen LogP contribution < -0.4 is 16.4 Å². The Morgan fingerprint density at radius 3 is 2.80 bits per heavy atom. The number of carbonyl (C=O) groups excluding carboxylic acids is 1. The Labute approximate surface area is 116 Å². The average Bonchev–Trinajstić information content (AvgIpc) is 2.39. The minimum absolute atomic E-state index is 0.0357. The SMILES string of the molecule is CN(Cc1cccnc1)c1cc(C(N)=O)c(N)cc1F. The maximum atomic E-state index is 14.0. The predicted octanol–water partition coefficient (Wildman–Crippen LogP) is 1.54. The molecule has 0 unspecified atom stereocenters. The number of halogens is 1. The first-order chi connectivity index (χ1) is 9.49. The summed E-state index contributed by atoms with van der Waals surface area (Å²) in [4.78, 5) is 16.9. The van der Waals surface area contributed by atoms with Crippen LogP contribution in [0.5, 0.6) is 0 Å². The molecule has 1 heterocycles. The van der Waals surface area contributed by atoms with E-state index in [9.17, 15) is 9.18 Å². The molecule has 2 rings (SSSR count). The zero-order chi connectivity index (χ0) is 14.7. The lowest BCUT2D eigenvalue weighted by atomic mass is 10.1. The highest BCUT2D eigenvalue weighted by molar-refractivity contribution is 5.99. The first kappa shape index (κ1) is 13.8. The van der Waals surface area contributed by atoms with Gasteiger partial charge in [0.2, 0.25) is 0 Å². The molecule has 1 amide bonds. The molecule has 0 bridgehead atoms. The first-order valence-electron chi connectivity index (χ1n) is 5.98. The van der Waals surface area contributed by atoms with E-state index in [1.165, 1.54) is 6.07 Å². The van der Waals surface area contributed by atoms with Gasteiger partial charge in [0.05, 0.1) is 11.3 Å². The molecule has 0 saturated heterocycles.